The van der Waals surface area contributed by atoms with Crippen LogP contribution in [0.1, 0.15) is 6.42 Å². The van der Waals surface area contributed by atoms with E-state index in [9.17, 15) is 17.6 Å². The fourth-order valence-corrected chi connectivity index (χ4v) is 2.06. The Balaban J connectivity index is 2.57. The van der Waals surface area contributed by atoms with Gasteiger partial charge in [0.2, 0.25) is 0 Å². The minimum Gasteiger partial charge on any atom is -0.465 e. The van der Waals surface area contributed by atoms with Crippen molar-refractivity contribution in [3.05, 3.63) is 0 Å². The van der Waals surface area contributed by atoms with Crippen molar-refractivity contribution in [1.29, 1.82) is 0 Å². The maximum atomic E-state index is 13.3. The van der Waals surface area contributed by atoms with E-state index < -0.39 is 28.5 Å². The third-order valence-corrected chi connectivity index (χ3v) is 2.65. The molecule has 1 fully saturated rings. The molecule has 1 aliphatic rings. The summed E-state index contributed by atoms with van der Waals surface area (Å²) in [6.07, 6.45) is -3.01. The molecule has 8 heteroatoms. The summed E-state index contributed by atoms with van der Waals surface area (Å²) in [6, 6.07) is 0. The van der Waals surface area contributed by atoms with Gasteiger partial charge in [0.15, 0.2) is 0 Å². The molecule has 1 aliphatic heterocycles. The maximum absolute atomic E-state index is 13.3. The Morgan fingerprint density at radius 3 is 2.60 bits per heavy atom. The van der Waals surface area contributed by atoms with Gasteiger partial charge in [0.1, 0.15) is 12.3 Å². The highest BCUT2D eigenvalue weighted by Gasteiger charge is 2.34. The minimum absolute atomic E-state index is 0.0422. The summed E-state index contributed by atoms with van der Waals surface area (Å²) in [7, 11) is -3.70. The molecule has 0 aromatic rings. The van der Waals surface area contributed by atoms with E-state index in [2.05, 4.69) is 4.18 Å². The van der Waals surface area contributed by atoms with Gasteiger partial charge < -0.3 is 10.0 Å². The number of likely N-dealkylation sites (tertiary alicyclic amines) is 1. The topological polar surface area (TPSA) is 83.9 Å². The summed E-state index contributed by atoms with van der Waals surface area (Å²) in [5.41, 5.74) is 0. The van der Waals surface area contributed by atoms with Gasteiger partial charge >= 0.3 is 6.09 Å². The molecule has 1 saturated heterocycles. The summed E-state index contributed by atoms with van der Waals surface area (Å²) < 4.78 is 39.3. The molecule has 1 heterocycles. The Hall–Kier alpha value is -0.890. The van der Waals surface area contributed by atoms with Crippen LogP contribution in [0.4, 0.5) is 9.18 Å². The second-order valence-corrected chi connectivity index (χ2v) is 4.97. The molecule has 2 atom stereocenters. The molecule has 1 N–H and O–H groups in total. The SMILES string of the molecule is CS(=O)(=O)O[C@H]1CCN(C(=O)O)C[C@@H]1F. The Kier molecular flexibility index (Phi) is 3.50. The molecule has 0 unspecified atom stereocenters. The number of amides is 1. The van der Waals surface area contributed by atoms with Crippen LogP contribution in [-0.2, 0) is 14.3 Å². The number of hydrogen-bond acceptors (Lipinski definition) is 4. The first-order valence-corrected chi connectivity index (χ1v) is 6.11. The van der Waals surface area contributed by atoms with Gasteiger partial charge in [-0.05, 0) is 6.42 Å². The van der Waals surface area contributed by atoms with Gasteiger partial charge in [0.25, 0.3) is 10.1 Å². The zero-order valence-corrected chi connectivity index (χ0v) is 8.91. The summed E-state index contributed by atoms with van der Waals surface area (Å²) in [6.45, 7) is -0.272. The van der Waals surface area contributed by atoms with Crippen LogP contribution in [0.5, 0.6) is 0 Å². The van der Waals surface area contributed by atoms with Gasteiger partial charge in [-0.15, -0.1) is 0 Å². The third-order valence-electron chi connectivity index (χ3n) is 2.05. The fraction of sp³-hybridized carbons (Fsp3) is 0.857. The van der Waals surface area contributed by atoms with Gasteiger partial charge in [-0.25, -0.2) is 9.18 Å². The molecule has 0 aromatic carbocycles. The predicted molar refractivity (Wildman–Crippen MR) is 48.8 cm³/mol. The van der Waals surface area contributed by atoms with E-state index in [1.165, 1.54) is 0 Å². The molecule has 0 spiro atoms. The maximum Gasteiger partial charge on any atom is 0.407 e. The van der Waals surface area contributed by atoms with Gasteiger partial charge in [-0.3, -0.25) is 4.18 Å². The lowest BCUT2D eigenvalue weighted by Gasteiger charge is -2.31. The van der Waals surface area contributed by atoms with Crippen LogP contribution in [0, 0.1) is 0 Å². The van der Waals surface area contributed by atoms with E-state index in [4.69, 9.17) is 5.11 Å². The van der Waals surface area contributed by atoms with Gasteiger partial charge in [-0.1, -0.05) is 0 Å². The number of rotatable bonds is 2. The van der Waals surface area contributed by atoms with Crippen LogP contribution >= 0.6 is 0 Å². The zero-order chi connectivity index (χ0) is 11.6. The van der Waals surface area contributed by atoms with Crippen molar-refractivity contribution < 1.29 is 26.9 Å². The molecule has 0 bridgehead atoms. The Morgan fingerprint density at radius 2 is 2.20 bits per heavy atom. The van der Waals surface area contributed by atoms with E-state index in [0.717, 1.165) is 11.2 Å². The van der Waals surface area contributed by atoms with Gasteiger partial charge in [0.05, 0.1) is 12.8 Å². The number of alkyl halides is 1. The number of carbonyl (C=O) groups is 1. The van der Waals surface area contributed by atoms with Crippen molar-refractivity contribution in [2.45, 2.75) is 18.7 Å². The molecule has 0 aliphatic carbocycles. The Morgan fingerprint density at radius 1 is 1.60 bits per heavy atom. The molecule has 0 radical (unpaired) electrons. The van der Waals surface area contributed by atoms with Crippen LogP contribution in [0.3, 0.4) is 0 Å². The summed E-state index contributed by atoms with van der Waals surface area (Å²) in [5.74, 6) is 0. The molecule has 88 valence electrons. The van der Waals surface area contributed by atoms with Crippen LogP contribution in [0.15, 0.2) is 0 Å². The molecule has 1 rings (SSSR count). The highest BCUT2D eigenvalue weighted by atomic mass is 32.2. The predicted octanol–water partition coefficient (Wildman–Crippen LogP) is 0.0530. The monoisotopic (exact) mass is 241 g/mol. The second kappa shape index (κ2) is 4.31. The Labute approximate surface area is 86.8 Å². The molecule has 6 nitrogen and oxygen atoms in total. The molecule has 15 heavy (non-hydrogen) atoms. The van der Waals surface area contributed by atoms with Crippen LogP contribution in [0.2, 0.25) is 0 Å². The molecular weight excluding hydrogens is 229 g/mol. The average molecular weight is 241 g/mol. The van der Waals surface area contributed by atoms with E-state index in [1.54, 1.807) is 0 Å². The lowest BCUT2D eigenvalue weighted by Crippen LogP contribution is -2.48. The van der Waals surface area contributed by atoms with Crippen LogP contribution in [0.25, 0.3) is 0 Å². The number of piperidine rings is 1. The van der Waals surface area contributed by atoms with Crippen molar-refractivity contribution in [3.63, 3.8) is 0 Å². The van der Waals surface area contributed by atoms with Crippen molar-refractivity contribution in [2.24, 2.45) is 0 Å². The highest BCUT2D eigenvalue weighted by molar-refractivity contribution is 7.86. The number of halogens is 1. The van der Waals surface area contributed by atoms with Crippen molar-refractivity contribution in [3.8, 4) is 0 Å². The number of hydrogen-bond donors (Lipinski definition) is 1. The standard InChI is InChI=1S/C7H12FNO5S/c1-15(12,13)14-6-2-3-9(7(10)11)4-5(6)8/h5-6H,2-4H2,1H3,(H,10,11)/t5-,6-/m0/s1. The molecule has 0 aromatic heterocycles. The first-order chi connectivity index (χ1) is 6.79. The lowest BCUT2D eigenvalue weighted by molar-refractivity contribution is 0.0289. The highest BCUT2D eigenvalue weighted by Crippen LogP contribution is 2.18. The van der Waals surface area contributed by atoms with Gasteiger partial charge in [-0.2, -0.15) is 8.42 Å². The third kappa shape index (κ3) is 3.63. The van der Waals surface area contributed by atoms with Crippen LogP contribution in [-0.4, -0.2) is 56.1 Å². The smallest absolute Gasteiger partial charge is 0.407 e. The van der Waals surface area contributed by atoms with E-state index in [-0.39, 0.29) is 19.5 Å². The summed E-state index contributed by atoms with van der Waals surface area (Å²) >= 11 is 0. The summed E-state index contributed by atoms with van der Waals surface area (Å²) in [5, 5.41) is 8.58. The average Bonchev–Trinajstić information content (AvgIpc) is 2.05. The van der Waals surface area contributed by atoms with Gasteiger partial charge in [0, 0.05) is 6.54 Å². The molecule has 1 amide bonds. The Bertz CT molecular complexity index is 343. The zero-order valence-electron chi connectivity index (χ0n) is 8.09. The molecule has 0 saturated carbocycles. The molecular formula is C7H12FNO5S. The normalized spacial score (nSPS) is 27.7. The first-order valence-electron chi connectivity index (χ1n) is 4.30. The quantitative estimate of drug-likeness (QED) is 0.691. The largest absolute Gasteiger partial charge is 0.465 e. The van der Waals surface area contributed by atoms with E-state index in [1.807, 2.05) is 0 Å². The second-order valence-electron chi connectivity index (χ2n) is 3.37. The van der Waals surface area contributed by atoms with Crippen molar-refractivity contribution in [2.75, 3.05) is 19.3 Å². The van der Waals surface area contributed by atoms with E-state index >= 15 is 0 Å². The van der Waals surface area contributed by atoms with Crippen LogP contribution < -0.4 is 0 Å². The fourth-order valence-electron chi connectivity index (χ4n) is 1.39. The number of nitrogens with zero attached hydrogens (tertiary/aromatic N) is 1. The number of carboxylic acid groups (broad SMARTS) is 1. The summed E-state index contributed by atoms with van der Waals surface area (Å²) in [4.78, 5) is 11.4. The first kappa shape index (κ1) is 12.2. The van der Waals surface area contributed by atoms with Crippen molar-refractivity contribution >= 4 is 16.2 Å². The van der Waals surface area contributed by atoms with E-state index in [0.29, 0.717) is 0 Å². The minimum atomic E-state index is -3.70. The lowest BCUT2D eigenvalue weighted by atomic mass is 10.1. The van der Waals surface area contributed by atoms with Crippen molar-refractivity contribution in [1.82, 2.24) is 4.90 Å².